The van der Waals surface area contributed by atoms with Gasteiger partial charge < -0.3 is 5.32 Å². The van der Waals surface area contributed by atoms with E-state index in [4.69, 9.17) is 0 Å². The number of amides is 1. The van der Waals surface area contributed by atoms with E-state index >= 15 is 0 Å². The fraction of sp³-hybridized carbons (Fsp3) is 0.345. The number of piperazine rings is 1. The van der Waals surface area contributed by atoms with Crippen molar-refractivity contribution in [2.75, 3.05) is 26.2 Å². The highest BCUT2D eigenvalue weighted by atomic mass is 32.2. The molecular weight excluding hydrogens is 470 g/mol. The average molecular weight is 506 g/mol. The molecule has 0 bridgehead atoms. The molecule has 1 unspecified atom stereocenters. The van der Waals surface area contributed by atoms with Crippen LogP contribution in [0, 0.1) is 6.92 Å². The minimum atomic E-state index is -3.46. The molecule has 1 heterocycles. The topological polar surface area (TPSA) is 69.7 Å². The van der Waals surface area contributed by atoms with Gasteiger partial charge in [0.05, 0.1) is 4.90 Å². The first-order valence-corrected chi connectivity index (χ1v) is 14.0. The first-order valence-electron chi connectivity index (χ1n) is 12.5. The second-order valence-corrected chi connectivity index (χ2v) is 11.5. The molecule has 1 N–H and O–H groups in total. The fourth-order valence-electron chi connectivity index (χ4n) is 4.41. The van der Waals surface area contributed by atoms with Crippen LogP contribution in [0.4, 0.5) is 0 Å². The van der Waals surface area contributed by atoms with E-state index in [0.29, 0.717) is 36.6 Å². The van der Waals surface area contributed by atoms with Crippen LogP contribution in [0.5, 0.6) is 0 Å². The smallest absolute Gasteiger partial charge is 0.251 e. The van der Waals surface area contributed by atoms with Gasteiger partial charge in [0.25, 0.3) is 5.91 Å². The number of hydrogen-bond donors (Lipinski definition) is 1. The van der Waals surface area contributed by atoms with E-state index in [1.807, 2.05) is 68.4 Å². The molecule has 36 heavy (non-hydrogen) atoms. The molecule has 3 aromatic carbocycles. The number of carbonyl (C=O) groups is 1. The van der Waals surface area contributed by atoms with Gasteiger partial charge in [-0.15, -0.1) is 0 Å². The zero-order valence-corrected chi connectivity index (χ0v) is 21.9. The number of aryl methyl sites for hydroxylation is 2. The van der Waals surface area contributed by atoms with E-state index in [1.54, 1.807) is 16.4 Å². The Morgan fingerprint density at radius 2 is 1.50 bits per heavy atom. The summed E-state index contributed by atoms with van der Waals surface area (Å²) in [5.74, 6) is -0.0583. The van der Waals surface area contributed by atoms with Crippen molar-refractivity contribution in [3.05, 3.63) is 101 Å². The van der Waals surface area contributed by atoms with Crippen molar-refractivity contribution in [1.82, 2.24) is 14.5 Å². The van der Waals surface area contributed by atoms with Gasteiger partial charge in [0.2, 0.25) is 10.0 Å². The lowest BCUT2D eigenvalue weighted by molar-refractivity contribution is 0.0938. The van der Waals surface area contributed by atoms with Crippen molar-refractivity contribution in [3.63, 3.8) is 0 Å². The molecule has 1 fully saturated rings. The molecule has 0 radical (unpaired) electrons. The van der Waals surface area contributed by atoms with E-state index in [1.165, 1.54) is 5.56 Å². The van der Waals surface area contributed by atoms with Crippen molar-refractivity contribution >= 4 is 15.9 Å². The summed E-state index contributed by atoms with van der Waals surface area (Å²) in [5, 5.41) is 3.09. The molecule has 0 aromatic heterocycles. The minimum absolute atomic E-state index is 0.0583. The Bertz CT molecular complexity index is 1240. The third kappa shape index (κ3) is 6.81. The number of sulfonamides is 1. The number of nitrogens with one attached hydrogen (secondary N) is 1. The molecule has 7 heteroatoms. The second kappa shape index (κ2) is 11.8. The molecule has 0 saturated carbocycles. The summed E-state index contributed by atoms with van der Waals surface area (Å²) in [5.41, 5.74) is 4.08. The van der Waals surface area contributed by atoms with E-state index in [2.05, 4.69) is 22.3 Å². The largest absolute Gasteiger partial charge is 0.350 e. The van der Waals surface area contributed by atoms with E-state index in [-0.39, 0.29) is 11.9 Å². The standard InChI is InChI=1S/C29H35N3O3S/c1-23-8-16-28(17-9-23)36(34,35)32-20-18-31(19-21-32)22-26-12-14-27(15-13-26)29(33)30-24(2)10-11-25-6-4-3-5-7-25/h3-9,12-17,24H,10-11,18-22H2,1-2H3,(H,30,33). The van der Waals surface area contributed by atoms with Gasteiger partial charge in [-0.3, -0.25) is 9.69 Å². The predicted octanol–water partition coefficient (Wildman–Crippen LogP) is 4.25. The molecule has 1 saturated heterocycles. The number of hydrogen-bond acceptors (Lipinski definition) is 4. The molecule has 1 aliphatic heterocycles. The van der Waals surface area contributed by atoms with Gasteiger partial charge in [-0.05, 0) is 62.1 Å². The van der Waals surface area contributed by atoms with E-state index < -0.39 is 10.0 Å². The van der Waals surface area contributed by atoms with Gasteiger partial charge in [0, 0.05) is 44.3 Å². The molecule has 1 amide bonds. The maximum Gasteiger partial charge on any atom is 0.251 e. The maximum atomic E-state index is 12.9. The lowest BCUT2D eigenvalue weighted by atomic mass is 10.1. The van der Waals surface area contributed by atoms with Crippen LogP contribution in [0.25, 0.3) is 0 Å². The Labute approximate surface area is 215 Å². The van der Waals surface area contributed by atoms with E-state index in [0.717, 1.165) is 30.5 Å². The molecule has 6 nitrogen and oxygen atoms in total. The fourth-order valence-corrected chi connectivity index (χ4v) is 5.84. The average Bonchev–Trinajstić information content (AvgIpc) is 2.89. The lowest BCUT2D eigenvalue weighted by Gasteiger charge is -2.34. The summed E-state index contributed by atoms with van der Waals surface area (Å²) in [7, 11) is -3.46. The Balaban J connectivity index is 1.24. The van der Waals surface area contributed by atoms with Crippen LogP contribution in [0.2, 0.25) is 0 Å². The van der Waals surface area contributed by atoms with Gasteiger partial charge in [-0.1, -0.05) is 60.2 Å². The first kappa shape index (κ1) is 26.1. The Hall–Kier alpha value is -3.00. The zero-order valence-electron chi connectivity index (χ0n) is 21.1. The highest BCUT2D eigenvalue weighted by molar-refractivity contribution is 7.89. The van der Waals surface area contributed by atoms with Crippen molar-refractivity contribution < 1.29 is 13.2 Å². The van der Waals surface area contributed by atoms with Crippen LogP contribution in [0.3, 0.4) is 0 Å². The highest BCUT2D eigenvalue weighted by Crippen LogP contribution is 2.19. The summed E-state index contributed by atoms with van der Waals surface area (Å²) in [6.45, 7) is 7.00. The van der Waals surface area contributed by atoms with Gasteiger partial charge in [-0.2, -0.15) is 4.31 Å². The SMILES string of the molecule is Cc1ccc(S(=O)(=O)N2CCN(Cc3ccc(C(=O)NC(C)CCc4ccccc4)cc3)CC2)cc1. The summed E-state index contributed by atoms with van der Waals surface area (Å²) in [4.78, 5) is 15.3. The van der Waals surface area contributed by atoms with Crippen LogP contribution >= 0.6 is 0 Å². The lowest BCUT2D eigenvalue weighted by Crippen LogP contribution is -2.48. The molecule has 4 rings (SSSR count). The zero-order chi connectivity index (χ0) is 25.5. The van der Waals surface area contributed by atoms with Gasteiger partial charge in [-0.25, -0.2) is 8.42 Å². The highest BCUT2D eigenvalue weighted by Gasteiger charge is 2.28. The van der Waals surface area contributed by atoms with Gasteiger partial charge in [0.1, 0.15) is 0 Å². The minimum Gasteiger partial charge on any atom is -0.350 e. The van der Waals surface area contributed by atoms with Crippen molar-refractivity contribution in [2.24, 2.45) is 0 Å². The Morgan fingerprint density at radius 3 is 2.14 bits per heavy atom. The third-order valence-corrected chi connectivity index (χ3v) is 8.61. The quantitative estimate of drug-likeness (QED) is 0.472. The monoisotopic (exact) mass is 505 g/mol. The predicted molar refractivity (Wildman–Crippen MR) is 143 cm³/mol. The number of carbonyl (C=O) groups excluding carboxylic acids is 1. The molecule has 190 valence electrons. The summed E-state index contributed by atoms with van der Waals surface area (Å²) < 4.78 is 27.4. The number of rotatable bonds is 9. The number of benzene rings is 3. The van der Waals surface area contributed by atoms with Gasteiger partial charge >= 0.3 is 0 Å². The molecule has 0 aliphatic carbocycles. The summed E-state index contributed by atoms with van der Waals surface area (Å²) in [6.07, 6.45) is 1.82. The first-order chi connectivity index (χ1) is 17.3. The molecule has 0 spiro atoms. The number of nitrogens with zero attached hydrogens (tertiary/aromatic N) is 2. The van der Waals surface area contributed by atoms with Crippen LogP contribution in [0.1, 0.15) is 40.4 Å². The van der Waals surface area contributed by atoms with Crippen molar-refractivity contribution in [3.8, 4) is 0 Å². The van der Waals surface area contributed by atoms with Crippen LogP contribution in [-0.4, -0.2) is 55.8 Å². The third-order valence-electron chi connectivity index (χ3n) is 6.70. The maximum absolute atomic E-state index is 12.9. The van der Waals surface area contributed by atoms with Crippen molar-refractivity contribution in [1.29, 1.82) is 0 Å². The van der Waals surface area contributed by atoms with Crippen LogP contribution in [0.15, 0.2) is 83.8 Å². The molecular formula is C29H35N3O3S. The summed E-state index contributed by atoms with van der Waals surface area (Å²) >= 11 is 0. The Morgan fingerprint density at radius 1 is 0.861 bits per heavy atom. The normalized spacial score (nSPS) is 15.9. The summed E-state index contributed by atoms with van der Waals surface area (Å²) in [6, 6.07) is 25.1. The Kier molecular flexibility index (Phi) is 8.56. The van der Waals surface area contributed by atoms with Crippen molar-refractivity contribution in [2.45, 2.75) is 44.2 Å². The van der Waals surface area contributed by atoms with E-state index in [9.17, 15) is 13.2 Å². The molecule has 3 aromatic rings. The van der Waals surface area contributed by atoms with Gasteiger partial charge in [0.15, 0.2) is 0 Å². The molecule has 1 aliphatic rings. The van der Waals surface area contributed by atoms with Crippen LogP contribution < -0.4 is 5.32 Å². The second-order valence-electron chi connectivity index (χ2n) is 9.59. The molecule has 1 atom stereocenters. The van der Waals surface area contributed by atoms with Crippen LogP contribution in [-0.2, 0) is 23.0 Å².